The Kier molecular flexibility index (Phi) is 4.61. The quantitative estimate of drug-likeness (QED) is 0.869. The van der Waals surface area contributed by atoms with Gasteiger partial charge in [0, 0.05) is 38.4 Å². The number of aromatic nitrogens is 2. The number of para-hydroxylation sites is 1. The van der Waals surface area contributed by atoms with Gasteiger partial charge < -0.3 is 14.5 Å². The summed E-state index contributed by atoms with van der Waals surface area (Å²) in [5.74, 6) is 0.899. The van der Waals surface area contributed by atoms with Gasteiger partial charge in [0.05, 0.1) is 22.0 Å². The Morgan fingerprint density at radius 3 is 2.96 bits per heavy atom. The molecule has 0 radical (unpaired) electrons. The van der Waals surface area contributed by atoms with E-state index in [4.69, 9.17) is 9.47 Å². The van der Waals surface area contributed by atoms with Crippen LogP contribution >= 0.6 is 15.9 Å². The van der Waals surface area contributed by atoms with Gasteiger partial charge in [0.25, 0.3) is 0 Å². The van der Waals surface area contributed by atoms with Gasteiger partial charge in [-0.05, 0) is 40.9 Å². The Morgan fingerprint density at radius 2 is 2.12 bits per heavy atom. The minimum Gasteiger partial charge on any atom is -0.491 e. The predicted molar refractivity (Wildman–Crippen MR) is 95.2 cm³/mol. The zero-order valence-corrected chi connectivity index (χ0v) is 15.2. The highest BCUT2D eigenvalue weighted by Gasteiger charge is 2.45. The summed E-state index contributed by atoms with van der Waals surface area (Å²) in [5.41, 5.74) is 2.51. The van der Waals surface area contributed by atoms with E-state index in [1.807, 2.05) is 30.6 Å². The topological polar surface area (TPSA) is 50.4 Å². The number of ether oxygens (including phenoxy) is 2. The van der Waals surface area contributed by atoms with E-state index in [2.05, 4.69) is 30.8 Å². The van der Waals surface area contributed by atoms with Crippen LogP contribution < -0.4 is 4.74 Å². The molecule has 6 heteroatoms. The van der Waals surface area contributed by atoms with Gasteiger partial charge in [-0.3, -0.25) is 4.90 Å². The van der Waals surface area contributed by atoms with Crippen molar-refractivity contribution in [3.63, 3.8) is 0 Å². The molecule has 1 N–H and O–H groups in total. The Bertz CT molecular complexity index is 697. The van der Waals surface area contributed by atoms with E-state index in [-0.39, 0.29) is 5.54 Å². The van der Waals surface area contributed by atoms with Crippen molar-refractivity contribution in [1.29, 1.82) is 0 Å². The molecular formula is C18H22BrN3O2. The number of nitrogens with zero attached hydrogens (tertiary/aromatic N) is 2. The maximum atomic E-state index is 5.99. The van der Waals surface area contributed by atoms with Gasteiger partial charge in [0.2, 0.25) is 0 Å². The summed E-state index contributed by atoms with van der Waals surface area (Å²) in [6.07, 6.45) is 4.86. The minimum absolute atomic E-state index is 0.00309. The Morgan fingerprint density at radius 1 is 1.29 bits per heavy atom. The lowest BCUT2D eigenvalue weighted by molar-refractivity contribution is -0.0447. The molecule has 1 aromatic carbocycles. The zero-order valence-electron chi connectivity index (χ0n) is 13.6. The summed E-state index contributed by atoms with van der Waals surface area (Å²) in [6.45, 7) is 4.20. The molecule has 0 unspecified atom stereocenters. The predicted octanol–water partition coefficient (Wildman–Crippen LogP) is 3.12. The summed E-state index contributed by atoms with van der Waals surface area (Å²) < 4.78 is 12.6. The summed E-state index contributed by atoms with van der Waals surface area (Å²) in [7, 11) is 0. The maximum absolute atomic E-state index is 5.99. The van der Waals surface area contributed by atoms with Crippen molar-refractivity contribution >= 4 is 15.9 Å². The fourth-order valence-corrected chi connectivity index (χ4v) is 4.34. The molecule has 1 spiro atoms. The second-order valence-electron chi connectivity index (χ2n) is 6.39. The first kappa shape index (κ1) is 16.1. The summed E-state index contributed by atoms with van der Waals surface area (Å²) in [5, 5.41) is 0. The summed E-state index contributed by atoms with van der Waals surface area (Å²) in [4.78, 5) is 10.5. The van der Waals surface area contributed by atoms with E-state index in [0.29, 0.717) is 6.61 Å². The van der Waals surface area contributed by atoms with Crippen molar-refractivity contribution in [2.75, 3.05) is 32.9 Å². The third-order valence-electron chi connectivity index (χ3n) is 5.17. The van der Waals surface area contributed by atoms with Crippen molar-refractivity contribution in [1.82, 2.24) is 14.9 Å². The zero-order chi connectivity index (χ0) is 16.4. The van der Waals surface area contributed by atoms with Crippen LogP contribution in [-0.2, 0) is 16.7 Å². The van der Waals surface area contributed by atoms with Crippen LogP contribution in [-0.4, -0.2) is 47.8 Å². The molecule has 0 atom stereocenters. The first-order valence-electron chi connectivity index (χ1n) is 8.52. The van der Waals surface area contributed by atoms with E-state index in [0.717, 1.165) is 55.8 Å². The van der Waals surface area contributed by atoms with Gasteiger partial charge in [0.1, 0.15) is 12.4 Å². The Labute approximate surface area is 150 Å². The molecule has 1 aromatic heterocycles. The van der Waals surface area contributed by atoms with Crippen molar-refractivity contribution in [3.8, 4) is 5.75 Å². The van der Waals surface area contributed by atoms with Crippen LogP contribution in [0.4, 0.5) is 0 Å². The molecule has 0 bridgehead atoms. The lowest BCUT2D eigenvalue weighted by Crippen LogP contribution is -2.54. The molecule has 4 rings (SSSR count). The largest absolute Gasteiger partial charge is 0.491 e. The molecule has 0 amide bonds. The summed E-state index contributed by atoms with van der Waals surface area (Å²) >= 11 is 3.54. The van der Waals surface area contributed by atoms with Gasteiger partial charge >= 0.3 is 0 Å². The standard InChI is InChI=1S/C18H22BrN3O2/c19-14-3-1-2-4-16(14)24-12-9-22-8-5-15-17(21-13-20-15)18(22)6-10-23-11-7-18/h1-4,13H,5-12H2,(H,20,21). The fraction of sp³-hybridized carbons (Fsp3) is 0.500. The molecular weight excluding hydrogens is 370 g/mol. The fourth-order valence-electron chi connectivity index (χ4n) is 3.94. The number of rotatable bonds is 4. The van der Waals surface area contributed by atoms with E-state index < -0.39 is 0 Å². The average molecular weight is 392 g/mol. The first-order valence-corrected chi connectivity index (χ1v) is 9.32. The van der Waals surface area contributed by atoms with E-state index in [1.54, 1.807) is 0 Å². The lowest BCUT2D eigenvalue weighted by Gasteiger charge is -2.48. The second kappa shape index (κ2) is 6.86. The molecule has 0 saturated carbocycles. The van der Waals surface area contributed by atoms with Crippen molar-refractivity contribution in [2.24, 2.45) is 0 Å². The van der Waals surface area contributed by atoms with Crippen LogP contribution in [0.3, 0.4) is 0 Å². The van der Waals surface area contributed by atoms with Crippen molar-refractivity contribution in [2.45, 2.75) is 24.8 Å². The molecule has 1 saturated heterocycles. The van der Waals surface area contributed by atoms with Gasteiger partial charge in [-0.15, -0.1) is 0 Å². The number of hydrogen-bond donors (Lipinski definition) is 1. The maximum Gasteiger partial charge on any atom is 0.133 e. The number of nitrogens with one attached hydrogen (secondary N) is 1. The Balaban J connectivity index is 1.49. The molecule has 24 heavy (non-hydrogen) atoms. The lowest BCUT2D eigenvalue weighted by atomic mass is 9.80. The Hall–Kier alpha value is -1.37. The molecule has 5 nitrogen and oxygen atoms in total. The highest BCUT2D eigenvalue weighted by molar-refractivity contribution is 9.10. The number of benzene rings is 1. The monoisotopic (exact) mass is 391 g/mol. The van der Waals surface area contributed by atoms with Crippen LogP contribution in [0.25, 0.3) is 0 Å². The number of halogens is 1. The molecule has 2 aromatic rings. The van der Waals surface area contributed by atoms with Crippen LogP contribution in [0.5, 0.6) is 5.75 Å². The van der Waals surface area contributed by atoms with Gasteiger partial charge in [-0.1, -0.05) is 12.1 Å². The second-order valence-corrected chi connectivity index (χ2v) is 7.24. The van der Waals surface area contributed by atoms with Crippen LogP contribution in [0.15, 0.2) is 35.1 Å². The SMILES string of the molecule is Brc1ccccc1OCCN1CCc2[nH]cnc2C12CCOCC2. The third-order valence-corrected chi connectivity index (χ3v) is 5.83. The average Bonchev–Trinajstić information content (AvgIpc) is 3.10. The van der Waals surface area contributed by atoms with Crippen molar-refractivity contribution in [3.05, 3.63) is 46.5 Å². The molecule has 128 valence electrons. The number of hydrogen-bond acceptors (Lipinski definition) is 4. The summed E-state index contributed by atoms with van der Waals surface area (Å²) in [6, 6.07) is 8.00. The highest BCUT2D eigenvalue weighted by atomic mass is 79.9. The molecule has 0 aliphatic carbocycles. The van der Waals surface area contributed by atoms with E-state index in [9.17, 15) is 0 Å². The smallest absolute Gasteiger partial charge is 0.133 e. The van der Waals surface area contributed by atoms with E-state index in [1.165, 1.54) is 11.4 Å². The number of imidazole rings is 1. The number of fused-ring (bicyclic) bond motifs is 2. The van der Waals surface area contributed by atoms with Gasteiger partial charge in [-0.2, -0.15) is 0 Å². The first-order chi connectivity index (χ1) is 11.8. The van der Waals surface area contributed by atoms with Crippen LogP contribution in [0.1, 0.15) is 24.2 Å². The van der Waals surface area contributed by atoms with Crippen LogP contribution in [0, 0.1) is 0 Å². The van der Waals surface area contributed by atoms with Crippen LogP contribution in [0.2, 0.25) is 0 Å². The number of H-pyrrole nitrogens is 1. The third kappa shape index (κ3) is 2.87. The minimum atomic E-state index is 0.00309. The normalized spacial score (nSPS) is 20.0. The molecule has 3 heterocycles. The van der Waals surface area contributed by atoms with Crippen molar-refractivity contribution < 1.29 is 9.47 Å². The van der Waals surface area contributed by atoms with E-state index >= 15 is 0 Å². The van der Waals surface area contributed by atoms with Gasteiger partial charge in [-0.25, -0.2) is 4.98 Å². The molecule has 2 aliphatic heterocycles. The molecule has 1 fully saturated rings. The number of aromatic amines is 1. The van der Waals surface area contributed by atoms with Gasteiger partial charge in [0.15, 0.2) is 0 Å². The molecule has 2 aliphatic rings. The highest BCUT2D eigenvalue weighted by Crippen LogP contribution is 2.41.